The number of pyridine rings is 1. The van der Waals surface area contributed by atoms with Crippen molar-refractivity contribution in [1.29, 1.82) is 0 Å². The van der Waals surface area contributed by atoms with Crippen LogP contribution in [0.5, 0.6) is 0 Å². The second-order valence-electron chi connectivity index (χ2n) is 7.40. The molecule has 1 aliphatic carbocycles. The van der Waals surface area contributed by atoms with Crippen LogP contribution in [0.15, 0.2) is 23.0 Å². The lowest BCUT2D eigenvalue weighted by Gasteiger charge is -2.20. The number of H-pyrrole nitrogens is 1. The summed E-state index contributed by atoms with van der Waals surface area (Å²) < 4.78 is 0. The van der Waals surface area contributed by atoms with Gasteiger partial charge in [0.2, 0.25) is 5.91 Å². The fourth-order valence-electron chi connectivity index (χ4n) is 3.82. The Hall–Kier alpha value is -2.10. The Balaban J connectivity index is 1.59. The summed E-state index contributed by atoms with van der Waals surface area (Å²) in [6.07, 6.45) is 7.36. The van der Waals surface area contributed by atoms with Crippen LogP contribution in [0.1, 0.15) is 55.2 Å². The average Bonchev–Trinajstić information content (AvgIpc) is 2.60. The van der Waals surface area contributed by atoms with E-state index in [1.807, 2.05) is 26.0 Å². The Kier molecular flexibility index (Phi) is 5.57. The van der Waals surface area contributed by atoms with E-state index < -0.39 is 0 Å². The molecule has 1 fully saturated rings. The number of aryl methyl sites for hydroxylation is 2. The summed E-state index contributed by atoms with van der Waals surface area (Å²) in [5, 5.41) is 4.03. The van der Waals surface area contributed by atoms with Crippen molar-refractivity contribution in [2.45, 2.75) is 58.8 Å². The highest BCUT2D eigenvalue weighted by molar-refractivity contribution is 5.83. The molecule has 0 aliphatic heterocycles. The first-order chi connectivity index (χ1) is 12.0. The van der Waals surface area contributed by atoms with Gasteiger partial charge in [-0.2, -0.15) is 0 Å². The molecule has 25 heavy (non-hydrogen) atoms. The second-order valence-corrected chi connectivity index (χ2v) is 7.40. The molecule has 0 saturated heterocycles. The molecule has 0 spiro atoms. The number of carbonyl (C=O) groups excluding carboxylic acids is 1. The van der Waals surface area contributed by atoms with E-state index in [0.717, 1.165) is 22.0 Å². The van der Waals surface area contributed by atoms with Crippen molar-refractivity contribution in [3.63, 3.8) is 0 Å². The van der Waals surface area contributed by atoms with Gasteiger partial charge in [0.05, 0.1) is 5.52 Å². The molecular weight excluding hydrogens is 312 g/mol. The molecule has 0 unspecified atom stereocenters. The standard InChI is InChI=1S/C21H28N2O2/c1-14-8-9-17-13-18(21(25)23-20(17)15(14)2)10-11-22-19(24)12-16-6-4-3-5-7-16/h8-9,13,16H,3-7,10-12H2,1-2H3,(H,22,24)(H,23,25). The first kappa shape index (κ1) is 17.7. The fourth-order valence-corrected chi connectivity index (χ4v) is 3.82. The van der Waals surface area contributed by atoms with Crippen molar-refractivity contribution in [3.8, 4) is 0 Å². The molecule has 134 valence electrons. The van der Waals surface area contributed by atoms with Gasteiger partial charge >= 0.3 is 0 Å². The van der Waals surface area contributed by atoms with Crippen LogP contribution in [0.4, 0.5) is 0 Å². The van der Waals surface area contributed by atoms with Crippen molar-refractivity contribution < 1.29 is 4.79 Å². The third-order valence-electron chi connectivity index (χ3n) is 5.54. The summed E-state index contributed by atoms with van der Waals surface area (Å²) in [4.78, 5) is 27.4. The third kappa shape index (κ3) is 4.30. The van der Waals surface area contributed by atoms with Gasteiger partial charge in [0.25, 0.3) is 5.56 Å². The molecule has 1 amide bonds. The Morgan fingerprint density at radius 2 is 1.96 bits per heavy atom. The van der Waals surface area contributed by atoms with Gasteiger partial charge in [-0.15, -0.1) is 0 Å². The molecular formula is C21H28N2O2. The maximum absolute atomic E-state index is 12.3. The summed E-state index contributed by atoms with van der Waals surface area (Å²) in [7, 11) is 0. The van der Waals surface area contributed by atoms with Crippen LogP contribution in [-0.4, -0.2) is 17.4 Å². The van der Waals surface area contributed by atoms with Gasteiger partial charge in [0.1, 0.15) is 0 Å². The van der Waals surface area contributed by atoms with E-state index in [-0.39, 0.29) is 11.5 Å². The van der Waals surface area contributed by atoms with E-state index >= 15 is 0 Å². The molecule has 4 heteroatoms. The lowest BCUT2D eigenvalue weighted by atomic mass is 9.87. The molecule has 0 atom stereocenters. The predicted molar refractivity (Wildman–Crippen MR) is 102 cm³/mol. The van der Waals surface area contributed by atoms with Crippen molar-refractivity contribution >= 4 is 16.8 Å². The van der Waals surface area contributed by atoms with Crippen LogP contribution in [0.25, 0.3) is 10.9 Å². The first-order valence-electron chi connectivity index (χ1n) is 9.43. The zero-order chi connectivity index (χ0) is 17.8. The number of rotatable bonds is 5. The van der Waals surface area contributed by atoms with Crippen LogP contribution in [0.2, 0.25) is 0 Å². The summed E-state index contributed by atoms with van der Waals surface area (Å²) in [5.41, 5.74) is 3.87. The van der Waals surface area contributed by atoms with E-state index in [0.29, 0.717) is 25.3 Å². The summed E-state index contributed by atoms with van der Waals surface area (Å²) in [6, 6.07) is 6.07. The van der Waals surface area contributed by atoms with E-state index in [1.165, 1.54) is 37.7 Å². The molecule has 4 nitrogen and oxygen atoms in total. The zero-order valence-corrected chi connectivity index (χ0v) is 15.3. The van der Waals surface area contributed by atoms with Gasteiger partial charge < -0.3 is 10.3 Å². The van der Waals surface area contributed by atoms with Gasteiger partial charge in [-0.3, -0.25) is 9.59 Å². The molecule has 1 aliphatic rings. The number of fused-ring (bicyclic) bond motifs is 1. The van der Waals surface area contributed by atoms with E-state index in [2.05, 4.69) is 16.4 Å². The van der Waals surface area contributed by atoms with Crippen LogP contribution < -0.4 is 10.9 Å². The smallest absolute Gasteiger partial charge is 0.251 e. The van der Waals surface area contributed by atoms with Gasteiger partial charge in [0.15, 0.2) is 0 Å². The third-order valence-corrected chi connectivity index (χ3v) is 5.54. The summed E-state index contributed by atoms with van der Waals surface area (Å²) in [5.74, 6) is 0.666. The largest absolute Gasteiger partial charge is 0.356 e. The highest BCUT2D eigenvalue weighted by atomic mass is 16.1. The molecule has 2 N–H and O–H groups in total. The normalized spacial score (nSPS) is 15.4. The molecule has 3 rings (SSSR count). The lowest BCUT2D eigenvalue weighted by molar-refractivity contribution is -0.122. The van der Waals surface area contributed by atoms with Crippen LogP contribution in [0.3, 0.4) is 0 Å². The highest BCUT2D eigenvalue weighted by Crippen LogP contribution is 2.26. The average molecular weight is 340 g/mol. The summed E-state index contributed by atoms with van der Waals surface area (Å²) in [6.45, 7) is 4.59. The molecule has 1 aromatic carbocycles. The highest BCUT2D eigenvalue weighted by Gasteiger charge is 2.16. The minimum absolute atomic E-state index is 0.0530. The van der Waals surface area contributed by atoms with Crippen LogP contribution in [-0.2, 0) is 11.2 Å². The monoisotopic (exact) mass is 340 g/mol. The predicted octanol–water partition coefficient (Wildman–Crippen LogP) is 3.77. The maximum Gasteiger partial charge on any atom is 0.251 e. The van der Waals surface area contributed by atoms with E-state index in [4.69, 9.17) is 0 Å². The Labute approximate surface area is 149 Å². The number of hydrogen-bond donors (Lipinski definition) is 2. The molecule has 1 aromatic heterocycles. The second kappa shape index (κ2) is 7.85. The quantitative estimate of drug-likeness (QED) is 0.870. The fraction of sp³-hybridized carbons (Fsp3) is 0.524. The summed E-state index contributed by atoms with van der Waals surface area (Å²) >= 11 is 0. The first-order valence-corrected chi connectivity index (χ1v) is 9.43. The molecule has 0 radical (unpaired) electrons. The molecule has 0 bridgehead atoms. The lowest BCUT2D eigenvalue weighted by Crippen LogP contribution is -2.29. The molecule has 1 heterocycles. The van der Waals surface area contributed by atoms with Crippen molar-refractivity contribution in [3.05, 3.63) is 45.2 Å². The Morgan fingerprint density at radius 3 is 2.72 bits per heavy atom. The number of benzene rings is 1. The number of nitrogens with one attached hydrogen (secondary N) is 2. The minimum atomic E-state index is -0.0530. The van der Waals surface area contributed by atoms with Crippen molar-refractivity contribution in [2.24, 2.45) is 5.92 Å². The number of aromatic nitrogens is 1. The maximum atomic E-state index is 12.3. The van der Waals surface area contributed by atoms with E-state index in [9.17, 15) is 9.59 Å². The number of amides is 1. The van der Waals surface area contributed by atoms with E-state index in [1.54, 1.807) is 0 Å². The SMILES string of the molecule is Cc1ccc2cc(CCNC(=O)CC3CCCCC3)c(=O)[nH]c2c1C. The Morgan fingerprint density at radius 1 is 1.20 bits per heavy atom. The number of carbonyl (C=O) groups is 1. The van der Waals surface area contributed by atoms with Crippen LogP contribution in [0, 0.1) is 19.8 Å². The van der Waals surface area contributed by atoms with Gasteiger partial charge in [-0.1, -0.05) is 31.4 Å². The van der Waals surface area contributed by atoms with Gasteiger partial charge in [-0.05, 0) is 61.6 Å². The zero-order valence-electron chi connectivity index (χ0n) is 15.3. The van der Waals surface area contributed by atoms with Gasteiger partial charge in [-0.25, -0.2) is 0 Å². The number of aromatic amines is 1. The van der Waals surface area contributed by atoms with Gasteiger partial charge in [0, 0.05) is 18.5 Å². The topological polar surface area (TPSA) is 62.0 Å². The Bertz CT molecular complexity index is 816. The molecule has 2 aromatic rings. The minimum Gasteiger partial charge on any atom is -0.356 e. The van der Waals surface area contributed by atoms with Crippen LogP contribution >= 0.6 is 0 Å². The van der Waals surface area contributed by atoms with Crippen molar-refractivity contribution in [2.75, 3.05) is 6.54 Å². The van der Waals surface area contributed by atoms with Crippen molar-refractivity contribution in [1.82, 2.24) is 10.3 Å². The molecule has 1 saturated carbocycles. The number of hydrogen-bond acceptors (Lipinski definition) is 2.